The Kier molecular flexibility index (Phi) is 4.56. The molecule has 0 unspecified atom stereocenters. The molecule has 0 amide bonds. The summed E-state index contributed by atoms with van der Waals surface area (Å²) in [7, 11) is 0. The fourth-order valence-electron chi connectivity index (χ4n) is 2.15. The Hall–Kier alpha value is -2.10. The van der Waals surface area contributed by atoms with Crippen molar-refractivity contribution in [3.05, 3.63) is 59.7 Å². The SMILES string of the molecule is CCCN(Cc1ccc(F)cc1F)c1cccc(N)c1. The molecular formula is C16H18F2N2. The zero-order chi connectivity index (χ0) is 14.5. The molecule has 2 aromatic rings. The summed E-state index contributed by atoms with van der Waals surface area (Å²) in [6.07, 6.45) is 0.928. The number of rotatable bonds is 5. The minimum absolute atomic E-state index is 0.392. The third-order valence-corrected chi connectivity index (χ3v) is 3.11. The second-order valence-electron chi connectivity index (χ2n) is 4.75. The largest absolute Gasteiger partial charge is 0.399 e. The van der Waals surface area contributed by atoms with E-state index in [1.165, 1.54) is 12.1 Å². The average molecular weight is 276 g/mol. The summed E-state index contributed by atoms with van der Waals surface area (Å²) >= 11 is 0. The van der Waals surface area contributed by atoms with Crippen molar-refractivity contribution in [2.24, 2.45) is 0 Å². The topological polar surface area (TPSA) is 29.3 Å². The normalized spacial score (nSPS) is 10.6. The van der Waals surface area contributed by atoms with Gasteiger partial charge in [-0.25, -0.2) is 8.78 Å². The van der Waals surface area contributed by atoms with Crippen LogP contribution in [-0.2, 0) is 6.54 Å². The molecule has 2 nitrogen and oxygen atoms in total. The van der Waals surface area contributed by atoms with Crippen molar-refractivity contribution in [2.45, 2.75) is 19.9 Å². The lowest BCUT2D eigenvalue weighted by molar-refractivity contribution is 0.568. The monoisotopic (exact) mass is 276 g/mol. The summed E-state index contributed by atoms with van der Waals surface area (Å²) < 4.78 is 26.7. The predicted octanol–water partition coefficient (Wildman–Crippen LogP) is 3.96. The number of hydrogen-bond acceptors (Lipinski definition) is 2. The molecule has 0 atom stereocenters. The van der Waals surface area contributed by atoms with Crippen LogP contribution >= 0.6 is 0 Å². The maximum atomic E-state index is 13.8. The first kappa shape index (κ1) is 14.3. The van der Waals surface area contributed by atoms with E-state index in [2.05, 4.69) is 6.92 Å². The van der Waals surface area contributed by atoms with Gasteiger partial charge in [0.2, 0.25) is 0 Å². The highest BCUT2D eigenvalue weighted by Gasteiger charge is 2.10. The number of hydrogen-bond donors (Lipinski definition) is 1. The number of anilines is 2. The van der Waals surface area contributed by atoms with E-state index in [0.717, 1.165) is 24.7 Å². The van der Waals surface area contributed by atoms with Crippen molar-refractivity contribution in [1.82, 2.24) is 0 Å². The lowest BCUT2D eigenvalue weighted by Crippen LogP contribution is -2.24. The molecule has 0 spiro atoms. The van der Waals surface area contributed by atoms with Crippen LogP contribution in [-0.4, -0.2) is 6.54 Å². The lowest BCUT2D eigenvalue weighted by atomic mass is 10.1. The van der Waals surface area contributed by atoms with Crippen LogP contribution in [0.2, 0.25) is 0 Å². The molecular weight excluding hydrogens is 258 g/mol. The van der Waals surface area contributed by atoms with E-state index in [0.29, 0.717) is 17.8 Å². The zero-order valence-corrected chi connectivity index (χ0v) is 11.4. The second-order valence-corrected chi connectivity index (χ2v) is 4.75. The molecule has 0 fully saturated rings. The van der Waals surface area contributed by atoms with Crippen LogP contribution in [0.25, 0.3) is 0 Å². The van der Waals surface area contributed by atoms with Crippen molar-refractivity contribution in [1.29, 1.82) is 0 Å². The Morgan fingerprint density at radius 3 is 2.55 bits per heavy atom. The van der Waals surface area contributed by atoms with E-state index in [4.69, 9.17) is 5.73 Å². The van der Waals surface area contributed by atoms with Gasteiger partial charge < -0.3 is 10.6 Å². The highest BCUT2D eigenvalue weighted by atomic mass is 19.1. The Morgan fingerprint density at radius 2 is 1.90 bits per heavy atom. The van der Waals surface area contributed by atoms with Gasteiger partial charge in [-0.05, 0) is 30.7 Å². The highest BCUT2D eigenvalue weighted by Crippen LogP contribution is 2.21. The molecule has 106 valence electrons. The predicted molar refractivity (Wildman–Crippen MR) is 78.6 cm³/mol. The molecule has 0 bridgehead atoms. The summed E-state index contributed by atoms with van der Waals surface area (Å²) in [5.74, 6) is -1.08. The minimum Gasteiger partial charge on any atom is -0.399 e. The van der Waals surface area contributed by atoms with E-state index in [1.807, 2.05) is 29.2 Å². The Morgan fingerprint density at radius 1 is 1.10 bits per heavy atom. The molecule has 20 heavy (non-hydrogen) atoms. The molecule has 0 aliphatic rings. The highest BCUT2D eigenvalue weighted by molar-refractivity contribution is 5.56. The van der Waals surface area contributed by atoms with Gasteiger partial charge in [0.25, 0.3) is 0 Å². The van der Waals surface area contributed by atoms with Gasteiger partial charge in [0, 0.05) is 36.1 Å². The third kappa shape index (κ3) is 3.47. The maximum absolute atomic E-state index is 13.8. The van der Waals surface area contributed by atoms with Gasteiger partial charge >= 0.3 is 0 Å². The number of nitrogen functional groups attached to an aromatic ring is 1. The quantitative estimate of drug-likeness (QED) is 0.837. The number of nitrogens with zero attached hydrogens (tertiary/aromatic N) is 1. The number of halogens is 2. The van der Waals surface area contributed by atoms with Gasteiger partial charge in [-0.3, -0.25) is 0 Å². The standard InChI is InChI=1S/C16H18F2N2/c1-2-8-20(15-5-3-4-14(19)10-15)11-12-6-7-13(17)9-16(12)18/h3-7,9-10H,2,8,11,19H2,1H3. The van der Waals surface area contributed by atoms with Crippen LogP contribution in [0.1, 0.15) is 18.9 Å². The van der Waals surface area contributed by atoms with Crippen LogP contribution in [0.3, 0.4) is 0 Å². The molecule has 0 saturated carbocycles. The first-order valence-electron chi connectivity index (χ1n) is 6.64. The first-order valence-corrected chi connectivity index (χ1v) is 6.64. The summed E-state index contributed by atoms with van der Waals surface area (Å²) in [5, 5.41) is 0. The summed E-state index contributed by atoms with van der Waals surface area (Å²) in [6, 6.07) is 11.2. The van der Waals surface area contributed by atoms with E-state index in [1.54, 1.807) is 0 Å². The molecule has 0 aromatic heterocycles. The van der Waals surface area contributed by atoms with Crippen LogP contribution < -0.4 is 10.6 Å². The van der Waals surface area contributed by atoms with Crippen LogP contribution in [0.5, 0.6) is 0 Å². The third-order valence-electron chi connectivity index (χ3n) is 3.11. The first-order chi connectivity index (χ1) is 9.60. The van der Waals surface area contributed by atoms with Crippen LogP contribution in [0.15, 0.2) is 42.5 Å². The molecule has 2 rings (SSSR count). The average Bonchev–Trinajstić information content (AvgIpc) is 2.41. The van der Waals surface area contributed by atoms with E-state index >= 15 is 0 Å². The molecule has 0 radical (unpaired) electrons. The second kappa shape index (κ2) is 6.37. The van der Waals surface area contributed by atoms with Crippen molar-refractivity contribution in [2.75, 3.05) is 17.2 Å². The summed E-state index contributed by atoms with van der Waals surface area (Å²) in [4.78, 5) is 2.03. The lowest BCUT2D eigenvalue weighted by Gasteiger charge is -2.25. The fraction of sp³-hybridized carbons (Fsp3) is 0.250. The molecule has 2 N–H and O–H groups in total. The van der Waals surface area contributed by atoms with Crippen LogP contribution in [0, 0.1) is 11.6 Å². The molecule has 4 heteroatoms. The van der Waals surface area contributed by atoms with Gasteiger partial charge in [0.1, 0.15) is 11.6 Å². The van der Waals surface area contributed by atoms with Gasteiger partial charge in [0.15, 0.2) is 0 Å². The Bertz CT molecular complexity index is 584. The number of nitrogens with two attached hydrogens (primary N) is 1. The van der Waals surface area contributed by atoms with Crippen molar-refractivity contribution in [3.8, 4) is 0 Å². The van der Waals surface area contributed by atoms with Gasteiger partial charge in [-0.1, -0.05) is 19.1 Å². The van der Waals surface area contributed by atoms with Gasteiger partial charge in [0.05, 0.1) is 0 Å². The smallest absolute Gasteiger partial charge is 0.131 e. The van der Waals surface area contributed by atoms with E-state index < -0.39 is 11.6 Å². The molecule has 2 aromatic carbocycles. The maximum Gasteiger partial charge on any atom is 0.131 e. The van der Waals surface area contributed by atoms with Crippen molar-refractivity contribution < 1.29 is 8.78 Å². The molecule has 0 saturated heterocycles. The van der Waals surface area contributed by atoms with Gasteiger partial charge in [-0.2, -0.15) is 0 Å². The van der Waals surface area contributed by atoms with E-state index in [-0.39, 0.29) is 0 Å². The van der Waals surface area contributed by atoms with Crippen molar-refractivity contribution in [3.63, 3.8) is 0 Å². The minimum atomic E-state index is -0.558. The fourth-order valence-corrected chi connectivity index (χ4v) is 2.15. The van der Waals surface area contributed by atoms with Crippen LogP contribution in [0.4, 0.5) is 20.2 Å². The van der Waals surface area contributed by atoms with E-state index in [9.17, 15) is 8.78 Å². The zero-order valence-electron chi connectivity index (χ0n) is 11.4. The molecule has 0 heterocycles. The summed E-state index contributed by atoms with van der Waals surface area (Å²) in [6.45, 7) is 3.23. The Balaban J connectivity index is 2.25. The molecule has 0 aliphatic heterocycles. The summed E-state index contributed by atoms with van der Waals surface area (Å²) in [5.41, 5.74) is 7.87. The van der Waals surface area contributed by atoms with Gasteiger partial charge in [-0.15, -0.1) is 0 Å². The van der Waals surface area contributed by atoms with Crippen molar-refractivity contribution >= 4 is 11.4 Å². The number of benzene rings is 2. The Labute approximate surface area is 117 Å². The molecule has 0 aliphatic carbocycles.